The van der Waals surface area contributed by atoms with E-state index in [-0.39, 0.29) is 0 Å². The predicted molar refractivity (Wildman–Crippen MR) is 165 cm³/mol. The fourth-order valence-electron chi connectivity index (χ4n) is 5.16. The lowest BCUT2D eigenvalue weighted by Gasteiger charge is -2.11. The minimum atomic E-state index is 0.653. The van der Waals surface area contributed by atoms with E-state index in [0.717, 1.165) is 50.0 Å². The first-order chi connectivity index (χ1) is 19.7. The molecule has 0 fully saturated rings. The molecule has 186 valence electrons. The van der Waals surface area contributed by atoms with Crippen LogP contribution in [-0.2, 0) is 0 Å². The van der Waals surface area contributed by atoms with E-state index in [0.29, 0.717) is 11.5 Å². The van der Waals surface area contributed by atoms with Crippen molar-refractivity contribution in [2.24, 2.45) is 0 Å². The average molecular weight is 510 g/mol. The summed E-state index contributed by atoms with van der Waals surface area (Å²) in [6.45, 7) is 7.14. The van der Waals surface area contributed by atoms with Crippen LogP contribution < -0.4 is 0 Å². The summed E-state index contributed by atoms with van der Waals surface area (Å²) in [5.74, 6) is 0.714. The second-order valence-corrected chi connectivity index (χ2v) is 9.79. The Hall–Kier alpha value is -5.59. The van der Waals surface area contributed by atoms with Gasteiger partial charge in [0.05, 0.1) is 17.8 Å². The van der Waals surface area contributed by atoms with Crippen LogP contribution in [0, 0.1) is 6.57 Å². The summed E-state index contributed by atoms with van der Waals surface area (Å²) in [6.07, 6.45) is 0. The molecule has 0 bridgehead atoms. The van der Waals surface area contributed by atoms with Crippen LogP contribution in [0.25, 0.3) is 71.4 Å². The summed E-state index contributed by atoms with van der Waals surface area (Å²) >= 11 is 0. The molecule has 7 aromatic rings. The molecule has 0 unspecified atom stereocenters. The van der Waals surface area contributed by atoms with Crippen molar-refractivity contribution in [1.82, 2.24) is 9.97 Å². The molecule has 3 heteroatoms. The van der Waals surface area contributed by atoms with Gasteiger partial charge in [0.15, 0.2) is 11.5 Å². The first-order valence-corrected chi connectivity index (χ1v) is 13.2. The van der Waals surface area contributed by atoms with Crippen molar-refractivity contribution in [2.75, 3.05) is 0 Å². The fraction of sp³-hybridized carbons (Fsp3) is 0. The maximum atomic E-state index is 7.14. The van der Waals surface area contributed by atoms with Gasteiger partial charge in [-0.2, -0.15) is 0 Å². The van der Waals surface area contributed by atoms with Gasteiger partial charge in [-0.05, 0) is 45.2 Å². The smallest absolute Gasteiger partial charge is 0.187 e. The molecule has 6 aromatic carbocycles. The summed E-state index contributed by atoms with van der Waals surface area (Å²) in [4.78, 5) is 13.5. The first kappa shape index (κ1) is 23.5. The summed E-state index contributed by atoms with van der Waals surface area (Å²) < 4.78 is 0. The topological polar surface area (TPSA) is 30.1 Å². The van der Waals surface area contributed by atoms with Gasteiger partial charge >= 0.3 is 0 Å². The third kappa shape index (κ3) is 4.38. The molecule has 0 radical (unpaired) electrons. The van der Waals surface area contributed by atoms with Gasteiger partial charge in [0.1, 0.15) is 0 Å². The van der Waals surface area contributed by atoms with Gasteiger partial charge in [0.2, 0.25) is 0 Å². The van der Waals surface area contributed by atoms with E-state index in [9.17, 15) is 0 Å². The number of hydrogen-bond acceptors (Lipinski definition) is 2. The molecule has 7 rings (SSSR count). The summed E-state index contributed by atoms with van der Waals surface area (Å²) in [6, 6.07) is 47.8. The van der Waals surface area contributed by atoms with Crippen LogP contribution >= 0.6 is 0 Å². The van der Waals surface area contributed by atoms with Gasteiger partial charge in [-0.25, -0.2) is 14.8 Å². The number of benzene rings is 6. The van der Waals surface area contributed by atoms with Crippen molar-refractivity contribution in [1.29, 1.82) is 0 Å². The Morgan fingerprint density at radius 2 is 0.975 bits per heavy atom. The molecule has 0 atom stereocenters. The highest BCUT2D eigenvalue weighted by Crippen LogP contribution is 2.32. The molecule has 0 N–H and O–H groups in total. The Morgan fingerprint density at radius 3 is 1.62 bits per heavy atom. The van der Waals surface area contributed by atoms with Crippen molar-refractivity contribution >= 4 is 27.4 Å². The summed E-state index contributed by atoms with van der Waals surface area (Å²) in [5.41, 5.74) is 9.09. The molecule has 40 heavy (non-hydrogen) atoms. The third-order valence-corrected chi connectivity index (χ3v) is 7.32. The largest absolute Gasteiger partial charge is 0.238 e. The van der Waals surface area contributed by atoms with Crippen molar-refractivity contribution in [2.45, 2.75) is 0 Å². The Bertz CT molecular complexity index is 2030. The Morgan fingerprint density at radius 1 is 0.450 bits per heavy atom. The zero-order valence-corrected chi connectivity index (χ0v) is 21.6. The van der Waals surface area contributed by atoms with Crippen molar-refractivity contribution in [3.8, 4) is 44.9 Å². The van der Waals surface area contributed by atoms with Crippen LogP contribution in [0.1, 0.15) is 0 Å². The maximum absolute atomic E-state index is 7.14. The van der Waals surface area contributed by atoms with E-state index in [1.54, 1.807) is 0 Å². The van der Waals surface area contributed by atoms with Gasteiger partial charge in [0, 0.05) is 16.5 Å². The zero-order valence-electron chi connectivity index (χ0n) is 21.6. The number of aromatic nitrogens is 2. The molecule has 0 amide bonds. The quantitative estimate of drug-likeness (QED) is 0.221. The van der Waals surface area contributed by atoms with Gasteiger partial charge in [-0.3, -0.25) is 0 Å². The van der Waals surface area contributed by atoms with Crippen LogP contribution in [0.4, 0.5) is 5.69 Å². The standard InChI is InChI=1S/C37H23N3/c1-38-33-22-20-29(21-23-33)27-12-10-26(11-13-27)28-14-17-30(18-15-28)37-39-35-9-5-4-8-34(35)36(40-37)32-19-16-25-6-2-3-7-31(25)24-32/h2-24H. The molecule has 0 aliphatic heterocycles. The van der Waals surface area contributed by atoms with Crippen molar-refractivity contribution in [3.05, 3.63) is 151 Å². The van der Waals surface area contributed by atoms with E-state index in [4.69, 9.17) is 16.5 Å². The van der Waals surface area contributed by atoms with Crippen LogP contribution in [0.2, 0.25) is 0 Å². The first-order valence-electron chi connectivity index (χ1n) is 13.2. The summed E-state index contributed by atoms with van der Waals surface area (Å²) in [7, 11) is 0. The predicted octanol–water partition coefficient (Wildman–Crippen LogP) is 10.0. The molecule has 0 aliphatic rings. The van der Waals surface area contributed by atoms with Crippen molar-refractivity contribution in [3.63, 3.8) is 0 Å². The highest BCUT2D eigenvalue weighted by molar-refractivity contribution is 5.96. The van der Waals surface area contributed by atoms with E-state index >= 15 is 0 Å². The molecule has 3 nitrogen and oxygen atoms in total. The van der Waals surface area contributed by atoms with Gasteiger partial charge in [-0.1, -0.05) is 127 Å². The van der Waals surface area contributed by atoms with E-state index in [1.807, 2.05) is 36.4 Å². The molecule has 1 heterocycles. The van der Waals surface area contributed by atoms with Crippen molar-refractivity contribution < 1.29 is 0 Å². The lowest BCUT2D eigenvalue weighted by atomic mass is 9.99. The van der Waals surface area contributed by atoms with E-state index < -0.39 is 0 Å². The number of fused-ring (bicyclic) bond motifs is 2. The van der Waals surface area contributed by atoms with E-state index in [1.165, 1.54) is 10.8 Å². The van der Waals surface area contributed by atoms with Crippen LogP contribution in [-0.4, -0.2) is 9.97 Å². The van der Waals surface area contributed by atoms with Crippen LogP contribution in [0.15, 0.2) is 140 Å². The van der Waals surface area contributed by atoms with Gasteiger partial charge in [0.25, 0.3) is 0 Å². The normalized spacial score (nSPS) is 11.0. The number of para-hydroxylation sites is 1. The lowest BCUT2D eigenvalue weighted by molar-refractivity contribution is 1.23. The second kappa shape index (κ2) is 9.94. The Labute approximate surface area is 232 Å². The molecule has 1 aromatic heterocycles. The molecule has 0 aliphatic carbocycles. The Kier molecular flexibility index (Phi) is 5.85. The van der Waals surface area contributed by atoms with Crippen LogP contribution in [0.3, 0.4) is 0 Å². The molecule has 0 saturated heterocycles. The number of nitrogens with zero attached hydrogens (tertiary/aromatic N) is 3. The molecular weight excluding hydrogens is 486 g/mol. The van der Waals surface area contributed by atoms with Crippen LogP contribution in [0.5, 0.6) is 0 Å². The monoisotopic (exact) mass is 509 g/mol. The fourth-order valence-corrected chi connectivity index (χ4v) is 5.16. The Balaban J connectivity index is 1.23. The number of hydrogen-bond donors (Lipinski definition) is 0. The zero-order chi connectivity index (χ0) is 26.9. The minimum absolute atomic E-state index is 0.653. The van der Waals surface area contributed by atoms with Gasteiger partial charge in [-0.15, -0.1) is 0 Å². The highest BCUT2D eigenvalue weighted by Gasteiger charge is 2.12. The van der Waals surface area contributed by atoms with Gasteiger partial charge < -0.3 is 0 Å². The SMILES string of the molecule is [C-]#[N+]c1ccc(-c2ccc(-c3ccc(-c4nc(-c5ccc6ccccc6c5)c5ccccc5n4)cc3)cc2)cc1. The summed E-state index contributed by atoms with van der Waals surface area (Å²) in [5, 5.41) is 3.45. The molecule has 0 saturated carbocycles. The number of rotatable bonds is 4. The average Bonchev–Trinajstić information content (AvgIpc) is 3.04. The highest BCUT2D eigenvalue weighted by atomic mass is 14.9. The molecule has 0 spiro atoms. The lowest BCUT2D eigenvalue weighted by Crippen LogP contribution is -1.95. The third-order valence-electron chi connectivity index (χ3n) is 7.32. The van der Waals surface area contributed by atoms with E-state index in [2.05, 4.69) is 108 Å². The second-order valence-electron chi connectivity index (χ2n) is 9.79. The minimum Gasteiger partial charge on any atom is -0.238 e. The molecular formula is C37H23N3. The maximum Gasteiger partial charge on any atom is 0.187 e.